The van der Waals surface area contributed by atoms with E-state index in [2.05, 4.69) is 0 Å². The molecule has 0 radical (unpaired) electrons. The van der Waals surface area contributed by atoms with Gasteiger partial charge in [-0.15, -0.1) is 0 Å². The maximum Gasteiger partial charge on any atom is 0.179 e. The van der Waals surface area contributed by atoms with Crippen molar-refractivity contribution in [1.82, 2.24) is 0 Å². The molecule has 0 aromatic heterocycles. The molecule has 1 aliphatic rings. The van der Waals surface area contributed by atoms with Crippen molar-refractivity contribution in [3.63, 3.8) is 0 Å². The summed E-state index contributed by atoms with van der Waals surface area (Å²) in [7, 11) is -1.77. The van der Waals surface area contributed by atoms with E-state index in [9.17, 15) is 8.42 Å². The molecule has 0 saturated heterocycles. The van der Waals surface area contributed by atoms with Crippen LogP contribution >= 0.6 is 0 Å². The van der Waals surface area contributed by atoms with Gasteiger partial charge in [0, 0.05) is 23.8 Å². The summed E-state index contributed by atoms with van der Waals surface area (Å²) >= 11 is 0. The molecule has 1 saturated carbocycles. The first-order chi connectivity index (χ1) is 7.94. The highest BCUT2D eigenvalue weighted by molar-refractivity contribution is 7.90. The number of nitrogens with two attached hydrogens (primary N) is 1. The molecule has 1 fully saturated rings. The number of para-hydroxylation sites is 1. The third kappa shape index (κ3) is 2.05. The van der Waals surface area contributed by atoms with Crippen LogP contribution in [0.15, 0.2) is 23.1 Å². The van der Waals surface area contributed by atoms with E-state index in [1.165, 1.54) is 13.4 Å². The Morgan fingerprint density at radius 3 is 2.47 bits per heavy atom. The molecule has 0 amide bonds. The van der Waals surface area contributed by atoms with Crippen LogP contribution in [0.2, 0.25) is 0 Å². The Kier molecular flexibility index (Phi) is 2.91. The summed E-state index contributed by atoms with van der Waals surface area (Å²) in [5, 5.41) is 0. The predicted molar refractivity (Wildman–Crippen MR) is 66.1 cm³/mol. The maximum absolute atomic E-state index is 11.7. The molecule has 2 rings (SSSR count). The third-order valence-electron chi connectivity index (χ3n) is 3.40. The second kappa shape index (κ2) is 3.99. The number of benzene rings is 1. The van der Waals surface area contributed by atoms with Gasteiger partial charge >= 0.3 is 0 Å². The van der Waals surface area contributed by atoms with E-state index in [0.717, 1.165) is 18.4 Å². The van der Waals surface area contributed by atoms with Crippen LogP contribution in [-0.4, -0.2) is 28.3 Å². The third-order valence-corrected chi connectivity index (χ3v) is 4.52. The van der Waals surface area contributed by atoms with Crippen molar-refractivity contribution in [3.8, 4) is 5.75 Å². The van der Waals surface area contributed by atoms with E-state index in [1.807, 2.05) is 6.07 Å². The van der Waals surface area contributed by atoms with E-state index in [-0.39, 0.29) is 10.3 Å². The van der Waals surface area contributed by atoms with Gasteiger partial charge in [0.2, 0.25) is 0 Å². The zero-order chi connectivity index (χ0) is 12.7. The second-order valence-corrected chi connectivity index (χ2v) is 6.58. The number of rotatable bonds is 4. The highest BCUT2D eigenvalue weighted by atomic mass is 32.2. The van der Waals surface area contributed by atoms with Gasteiger partial charge in [-0.2, -0.15) is 0 Å². The Bertz CT molecular complexity index is 533. The van der Waals surface area contributed by atoms with Gasteiger partial charge in [-0.1, -0.05) is 12.1 Å². The van der Waals surface area contributed by atoms with E-state index in [1.54, 1.807) is 12.1 Å². The van der Waals surface area contributed by atoms with Crippen LogP contribution in [0.25, 0.3) is 0 Å². The zero-order valence-corrected chi connectivity index (χ0v) is 10.9. The number of hydrogen-bond acceptors (Lipinski definition) is 4. The van der Waals surface area contributed by atoms with Crippen molar-refractivity contribution in [1.29, 1.82) is 0 Å². The van der Waals surface area contributed by atoms with E-state index in [0.29, 0.717) is 12.3 Å². The van der Waals surface area contributed by atoms with E-state index in [4.69, 9.17) is 10.5 Å². The molecule has 0 aliphatic heterocycles. The normalized spacial score (nSPS) is 17.8. The van der Waals surface area contributed by atoms with Crippen LogP contribution in [0, 0.1) is 0 Å². The Balaban J connectivity index is 2.63. The molecule has 5 heteroatoms. The fraction of sp³-hybridized carbons (Fsp3) is 0.500. The van der Waals surface area contributed by atoms with Crippen molar-refractivity contribution < 1.29 is 13.2 Å². The molecule has 0 heterocycles. The minimum absolute atomic E-state index is 0.0773. The topological polar surface area (TPSA) is 69.4 Å². The minimum atomic E-state index is -3.27. The van der Waals surface area contributed by atoms with Crippen molar-refractivity contribution in [2.45, 2.75) is 23.2 Å². The van der Waals surface area contributed by atoms with Crippen LogP contribution < -0.4 is 10.5 Å². The molecule has 2 N–H and O–H groups in total. The Morgan fingerprint density at radius 1 is 1.41 bits per heavy atom. The van der Waals surface area contributed by atoms with Gasteiger partial charge in [0.15, 0.2) is 9.84 Å². The molecule has 0 bridgehead atoms. The summed E-state index contributed by atoms with van der Waals surface area (Å²) < 4.78 is 28.7. The monoisotopic (exact) mass is 255 g/mol. The van der Waals surface area contributed by atoms with Crippen molar-refractivity contribution in [2.24, 2.45) is 5.73 Å². The lowest BCUT2D eigenvalue weighted by atomic mass is 9.95. The van der Waals surface area contributed by atoms with E-state index < -0.39 is 9.84 Å². The SMILES string of the molecule is COc1c(C2(CN)CC2)cccc1S(C)(=O)=O. The van der Waals surface area contributed by atoms with Crippen LogP contribution in [-0.2, 0) is 15.3 Å². The molecule has 1 aromatic carbocycles. The highest BCUT2D eigenvalue weighted by Gasteiger charge is 2.45. The predicted octanol–water partition coefficient (Wildman–Crippen LogP) is 1.09. The zero-order valence-electron chi connectivity index (χ0n) is 10.1. The number of sulfone groups is 1. The van der Waals surface area contributed by atoms with Gasteiger partial charge in [-0.3, -0.25) is 0 Å². The highest BCUT2D eigenvalue weighted by Crippen LogP contribution is 2.51. The van der Waals surface area contributed by atoms with Gasteiger partial charge < -0.3 is 10.5 Å². The van der Waals surface area contributed by atoms with Gasteiger partial charge in [-0.05, 0) is 18.9 Å². The first-order valence-corrected chi connectivity index (χ1v) is 7.41. The van der Waals surface area contributed by atoms with E-state index >= 15 is 0 Å². The molecular weight excluding hydrogens is 238 g/mol. The molecule has 0 atom stereocenters. The summed E-state index contributed by atoms with van der Waals surface area (Å²) in [5.74, 6) is 0.456. The minimum Gasteiger partial charge on any atom is -0.495 e. The lowest BCUT2D eigenvalue weighted by Gasteiger charge is -2.18. The smallest absolute Gasteiger partial charge is 0.179 e. The van der Waals surface area contributed by atoms with Crippen molar-refractivity contribution >= 4 is 9.84 Å². The average Bonchev–Trinajstić information content (AvgIpc) is 3.07. The Labute approximate surface area is 102 Å². The lowest BCUT2D eigenvalue weighted by molar-refractivity contribution is 0.392. The molecule has 0 unspecified atom stereocenters. The average molecular weight is 255 g/mol. The number of hydrogen-bond donors (Lipinski definition) is 1. The molecule has 94 valence electrons. The molecule has 17 heavy (non-hydrogen) atoms. The van der Waals surface area contributed by atoms with Crippen LogP contribution in [0.1, 0.15) is 18.4 Å². The summed E-state index contributed by atoms with van der Waals surface area (Å²) in [4.78, 5) is 0.247. The van der Waals surface area contributed by atoms with Crippen molar-refractivity contribution in [2.75, 3.05) is 19.9 Å². The molecule has 1 aromatic rings. The van der Waals surface area contributed by atoms with Gasteiger partial charge in [0.05, 0.1) is 7.11 Å². The van der Waals surface area contributed by atoms with Gasteiger partial charge in [0.25, 0.3) is 0 Å². The summed E-state index contributed by atoms with van der Waals surface area (Å²) in [6.07, 6.45) is 3.18. The second-order valence-electron chi connectivity index (χ2n) is 4.59. The number of ether oxygens (including phenoxy) is 1. The summed E-state index contributed by atoms with van der Waals surface area (Å²) in [6.45, 7) is 0.524. The maximum atomic E-state index is 11.7. The lowest BCUT2D eigenvalue weighted by Crippen LogP contribution is -2.21. The van der Waals surface area contributed by atoms with Crippen LogP contribution in [0.4, 0.5) is 0 Å². The van der Waals surface area contributed by atoms with Crippen LogP contribution in [0.3, 0.4) is 0 Å². The molecule has 0 spiro atoms. The van der Waals surface area contributed by atoms with Crippen LogP contribution in [0.5, 0.6) is 5.75 Å². The molecule has 1 aliphatic carbocycles. The Hall–Kier alpha value is -1.07. The van der Waals surface area contributed by atoms with Gasteiger partial charge in [-0.25, -0.2) is 8.42 Å². The molecular formula is C12H17NO3S. The standard InChI is InChI=1S/C12H17NO3S/c1-16-11-9(12(8-13)6-7-12)4-3-5-10(11)17(2,14)15/h3-5H,6-8,13H2,1-2H3. The fourth-order valence-corrected chi connectivity index (χ4v) is 3.03. The first kappa shape index (κ1) is 12.4. The number of methoxy groups -OCH3 is 1. The Morgan fingerprint density at radius 2 is 2.06 bits per heavy atom. The largest absolute Gasteiger partial charge is 0.495 e. The van der Waals surface area contributed by atoms with Crippen molar-refractivity contribution in [3.05, 3.63) is 23.8 Å². The quantitative estimate of drug-likeness (QED) is 0.874. The first-order valence-electron chi connectivity index (χ1n) is 5.52. The summed E-state index contributed by atoms with van der Waals surface area (Å²) in [5.41, 5.74) is 6.62. The fourth-order valence-electron chi connectivity index (χ4n) is 2.17. The summed E-state index contributed by atoms with van der Waals surface area (Å²) in [6, 6.07) is 5.24. The van der Waals surface area contributed by atoms with Gasteiger partial charge in [0.1, 0.15) is 10.6 Å². The molecule has 4 nitrogen and oxygen atoms in total.